The van der Waals surface area contributed by atoms with Crippen molar-refractivity contribution in [2.75, 3.05) is 26.2 Å². The molecule has 1 saturated carbocycles. The molecule has 31 heavy (non-hydrogen) atoms. The highest BCUT2D eigenvalue weighted by Gasteiger charge is 2.44. The van der Waals surface area contributed by atoms with E-state index < -0.39 is 5.91 Å². The van der Waals surface area contributed by atoms with Crippen LogP contribution in [0, 0.1) is 0 Å². The van der Waals surface area contributed by atoms with Gasteiger partial charge in [0.2, 0.25) is 0 Å². The maximum atomic E-state index is 10.8. The van der Waals surface area contributed by atoms with Crippen molar-refractivity contribution in [2.24, 2.45) is 10.7 Å². The van der Waals surface area contributed by atoms with Gasteiger partial charge < -0.3 is 21.1 Å². The van der Waals surface area contributed by atoms with E-state index in [0.717, 1.165) is 49.9 Å². The van der Waals surface area contributed by atoms with Crippen LogP contribution in [0.1, 0.15) is 30.9 Å². The number of amides is 1. The average Bonchev–Trinajstić information content (AvgIpc) is 3.53. The van der Waals surface area contributed by atoms with Crippen molar-refractivity contribution < 1.29 is 9.53 Å². The topological polar surface area (TPSA) is 88.7 Å². The van der Waals surface area contributed by atoms with Crippen LogP contribution in [0.2, 0.25) is 5.02 Å². The zero-order valence-electron chi connectivity index (χ0n) is 17.7. The number of nitrogens with one attached hydrogen (secondary N) is 2. The number of ether oxygens (including phenoxy) is 1. The van der Waals surface area contributed by atoms with Crippen molar-refractivity contribution in [2.45, 2.75) is 31.6 Å². The molecule has 1 amide bonds. The number of hydrogen-bond donors (Lipinski definition) is 3. The van der Waals surface area contributed by atoms with Crippen molar-refractivity contribution in [3.8, 4) is 5.75 Å². The predicted molar refractivity (Wildman–Crippen MR) is 137 cm³/mol. The van der Waals surface area contributed by atoms with E-state index in [4.69, 9.17) is 27.1 Å². The predicted octanol–water partition coefficient (Wildman–Crippen LogP) is 3.65. The average molecular weight is 557 g/mol. The van der Waals surface area contributed by atoms with Crippen LogP contribution in [0.5, 0.6) is 5.75 Å². The Labute approximate surface area is 206 Å². The highest BCUT2D eigenvalue weighted by atomic mass is 127. The summed E-state index contributed by atoms with van der Waals surface area (Å²) in [5.74, 6) is 0.977. The number of carbonyl (C=O) groups excluding carboxylic acids is 1. The summed E-state index contributed by atoms with van der Waals surface area (Å²) in [5, 5.41) is 7.50. The number of guanidine groups is 1. The Kier molecular flexibility index (Phi) is 9.90. The van der Waals surface area contributed by atoms with E-state index in [1.54, 1.807) is 0 Å². The van der Waals surface area contributed by atoms with E-state index in [-0.39, 0.29) is 36.0 Å². The molecule has 2 aromatic carbocycles. The van der Waals surface area contributed by atoms with Crippen molar-refractivity contribution in [1.29, 1.82) is 0 Å². The summed E-state index contributed by atoms with van der Waals surface area (Å²) in [4.78, 5) is 15.6. The Morgan fingerprint density at radius 2 is 1.94 bits per heavy atom. The van der Waals surface area contributed by atoms with Gasteiger partial charge in [-0.15, -0.1) is 24.0 Å². The molecule has 168 valence electrons. The van der Waals surface area contributed by atoms with E-state index in [2.05, 4.69) is 29.7 Å². The normalized spacial score (nSPS) is 14.3. The third-order valence-electron chi connectivity index (χ3n) is 5.19. The minimum atomic E-state index is -0.484. The van der Waals surface area contributed by atoms with Crippen LogP contribution in [0.4, 0.5) is 0 Å². The number of nitrogens with two attached hydrogens (primary N) is 1. The molecule has 0 spiro atoms. The van der Waals surface area contributed by atoms with Gasteiger partial charge in [0.25, 0.3) is 5.91 Å². The van der Waals surface area contributed by atoms with Gasteiger partial charge in [-0.1, -0.05) is 35.9 Å². The minimum Gasteiger partial charge on any atom is -0.484 e. The molecule has 0 aliphatic heterocycles. The molecule has 0 atom stereocenters. The SMILES string of the molecule is CCNC(=NCC1(c2cccc(Cl)c2)CC1)NCCc1ccc(OCC(N)=O)cc1.I. The quantitative estimate of drug-likeness (QED) is 0.237. The molecule has 1 fully saturated rings. The van der Waals surface area contributed by atoms with Gasteiger partial charge in [0, 0.05) is 23.5 Å². The molecule has 6 nitrogen and oxygen atoms in total. The van der Waals surface area contributed by atoms with Crippen molar-refractivity contribution in [3.63, 3.8) is 0 Å². The smallest absolute Gasteiger partial charge is 0.255 e. The molecule has 0 saturated heterocycles. The Morgan fingerprint density at radius 3 is 2.55 bits per heavy atom. The van der Waals surface area contributed by atoms with E-state index in [9.17, 15) is 4.79 Å². The minimum absolute atomic E-state index is 0. The second-order valence-corrected chi connectivity index (χ2v) is 8.00. The highest BCUT2D eigenvalue weighted by molar-refractivity contribution is 14.0. The second kappa shape index (κ2) is 12.1. The summed E-state index contributed by atoms with van der Waals surface area (Å²) in [7, 11) is 0. The monoisotopic (exact) mass is 556 g/mol. The molecule has 4 N–H and O–H groups in total. The highest BCUT2D eigenvalue weighted by Crippen LogP contribution is 2.48. The number of hydrogen-bond acceptors (Lipinski definition) is 3. The van der Waals surface area contributed by atoms with Gasteiger partial charge in [-0.2, -0.15) is 0 Å². The molecule has 0 heterocycles. The van der Waals surface area contributed by atoms with Gasteiger partial charge in [0.1, 0.15) is 5.75 Å². The van der Waals surface area contributed by atoms with Crippen LogP contribution in [-0.2, 0) is 16.6 Å². The molecular formula is C23H30ClIN4O2. The van der Waals surface area contributed by atoms with Crippen LogP contribution in [0.3, 0.4) is 0 Å². The maximum Gasteiger partial charge on any atom is 0.255 e. The van der Waals surface area contributed by atoms with Crippen LogP contribution in [-0.4, -0.2) is 38.1 Å². The first-order valence-corrected chi connectivity index (χ1v) is 10.7. The number of rotatable bonds is 10. The Balaban J connectivity index is 0.00000341. The molecule has 0 bridgehead atoms. The Bertz CT molecular complexity index is 885. The van der Waals surface area contributed by atoms with Crippen molar-refractivity contribution in [1.82, 2.24) is 10.6 Å². The van der Waals surface area contributed by atoms with Crippen LogP contribution in [0.25, 0.3) is 0 Å². The molecule has 1 aliphatic carbocycles. The summed E-state index contributed by atoms with van der Waals surface area (Å²) in [6.45, 7) is 4.26. The van der Waals surface area contributed by atoms with Crippen LogP contribution >= 0.6 is 35.6 Å². The molecule has 2 aromatic rings. The summed E-state index contributed by atoms with van der Waals surface area (Å²) < 4.78 is 5.28. The molecule has 3 rings (SSSR count). The molecule has 0 unspecified atom stereocenters. The van der Waals surface area contributed by atoms with Crippen molar-refractivity contribution >= 4 is 47.4 Å². The summed E-state index contributed by atoms with van der Waals surface area (Å²) in [6.07, 6.45) is 3.13. The number of halogens is 2. The molecular weight excluding hydrogens is 527 g/mol. The molecule has 8 heteroatoms. The zero-order valence-corrected chi connectivity index (χ0v) is 20.8. The van der Waals surface area contributed by atoms with Gasteiger partial charge in [-0.25, -0.2) is 0 Å². The fraction of sp³-hybridized carbons (Fsp3) is 0.391. The lowest BCUT2D eigenvalue weighted by molar-refractivity contribution is -0.119. The number of carbonyl (C=O) groups is 1. The third-order valence-corrected chi connectivity index (χ3v) is 5.42. The fourth-order valence-electron chi connectivity index (χ4n) is 3.31. The Morgan fingerprint density at radius 1 is 1.19 bits per heavy atom. The number of aliphatic imine (C=N–C) groups is 1. The largest absolute Gasteiger partial charge is 0.484 e. The number of nitrogens with zero attached hydrogens (tertiary/aromatic N) is 1. The maximum absolute atomic E-state index is 10.8. The first-order chi connectivity index (χ1) is 14.5. The van der Waals surface area contributed by atoms with Gasteiger partial charge >= 0.3 is 0 Å². The van der Waals surface area contributed by atoms with E-state index in [1.807, 2.05) is 36.4 Å². The number of benzene rings is 2. The zero-order chi connectivity index (χ0) is 21.4. The fourth-order valence-corrected chi connectivity index (χ4v) is 3.50. The van der Waals surface area contributed by atoms with Crippen LogP contribution < -0.4 is 21.1 Å². The van der Waals surface area contributed by atoms with Gasteiger partial charge in [0.05, 0.1) is 6.54 Å². The lowest BCUT2D eigenvalue weighted by Crippen LogP contribution is -2.39. The molecule has 0 radical (unpaired) electrons. The first kappa shape index (κ1) is 25.3. The lowest BCUT2D eigenvalue weighted by atomic mass is 9.96. The number of primary amides is 1. The molecule has 0 aromatic heterocycles. The van der Waals surface area contributed by atoms with Crippen molar-refractivity contribution in [3.05, 3.63) is 64.7 Å². The standard InChI is InChI=1S/C23H29ClN4O2.HI/c1-2-26-22(28-16-23(11-12-23)18-4-3-5-19(24)14-18)27-13-10-17-6-8-20(9-7-17)30-15-21(25)29;/h3-9,14H,2,10-13,15-16H2,1H3,(H2,25,29)(H2,26,27,28);1H. The summed E-state index contributed by atoms with van der Waals surface area (Å²) in [5.41, 5.74) is 7.65. The second-order valence-electron chi connectivity index (χ2n) is 7.56. The van der Waals surface area contributed by atoms with Gasteiger partial charge in [-0.05, 0) is 61.6 Å². The van der Waals surface area contributed by atoms with E-state index >= 15 is 0 Å². The summed E-state index contributed by atoms with van der Waals surface area (Å²) >= 11 is 6.17. The first-order valence-electron chi connectivity index (χ1n) is 10.3. The lowest BCUT2D eigenvalue weighted by Gasteiger charge is -2.16. The van der Waals surface area contributed by atoms with E-state index in [0.29, 0.717) is 5.75 Å². The van der Waals surface area contributed by atoms with E-state index in [1.165, 1.54) is 11.1 Å². The third kappa shape index (κ3) is 7.88. The molecule has 1 aliphatic rings. The Hall–Kier alpha value is -2.00. The van der Waals surface area contributed by atoms with Gasteiger partial charge in [-0.3, -0.25) is 9.79 Å². The summed E-state index contributed by atoms with van der Waals surface area (Å²) in [6, 6.07) is 15.8. The van der Waals surface area contributed by atoms with Crippen LogP contribution in [0.15, 0.2) is 53.5 Å². The van der Waals surface area contributed by atoms with Gasteiger partial charge in [0.15, 0.2) is 12.6 Å².